The van der Waals surface area contributed by atoms with E-state index in [9.17, 15) is 0 Å². The van der Waals surface area contributed by atoms with Crippen molar-refractivity contribution in [2.24, 2.45) is 0 Å². The average molecular weight is 379 g/mol. The Bertz CT molecular complexity index is 350. The number of nitrogens with zero attached hydrogens (tertiary/aromatic N) is 2. The molecule has 0 fully saturated rings. The summed E-state index contributed by atoms with van der Waals surface area (Å²) >= 11 is 0. The summed E-state index contributed by atoms with van der Waals surface area (Å²) in [6, 6.07) is 0.610. The SMILES string of the molecule is CCCCCCCCCCCCCCCCN1C=CN(C(C)C)C1CCC. The molecular weight excluding hydrogens is 328 g/mol. The lowest BCUT2D eigenvalue weighted by atomic mass is 10.0. The topological polar surface area (TPSA) is 6.48 Å². The molecule has 0 aromatic heterocycles. The molecule has 1 rings (SSSR count). The molecule has 1 unspecified atom stereocenters. The highest BCUT2D eigenvalue weighted by molar-refractivity contribution is 4.98. The fourth-order valence-corrected chi connectivity index (χ4v) is 4.33. The summed E-state index contributed by atoms with van der Waals surface area (Å²) in [5, 5.41) is 0. The molecule has 0 aromatic carbocycles. The quantitative estimate of drug-likeness (QED) is 0.222. The Kier molecular flexibility index (Phi) is 14.7. The summed E-state index contributed by atoms with van der Waals surface area (Å²) in [7, 11) is 0. The minimum Gasteiger partial charge on any atom is -0.356 e. The van der Waals surface area contributed by atoms with Crippen molar-refractivity contribution in [3.05, 3.63) is 12.4 Å². The molecule has 0 radical (unpaired) electrons. The van der Waals surface area contributed by atoms with Gasteiger partial charge in [0.25, 0.3) is 0 Å². The molecule has 0 bridgehead atoms. The molecule has 27 heavy (non-hydrogen) atoms. The van der Waals surface area contributed by atoms with Crippen molar-refractivity contribution in [3.8, 4) is 0 Å². The van der Waals surface area contributed by atoms with Gasteiger partial charge in [0.15, 0.2) is 0 Å². The molecule has 2 nitrogen and oxygen atoms in total. The van der Waals surface area contributed by atoms with Crippen LogP contribution >= 0.6 is 0 Å². The molecule has 0 amide bonds. The minimum absolute atomic E-state index is 0.608. The van der Waals surface area contributed by atoms with Crippen molar-refractivity contribution in [1.29, 1.82) is 0 Å². The fourth-order valence-electron chi connectivity index (χ4n) is 4.33. The zero-order valence-electron chi connectivity index (χ0n) is 19.2. The molecule has 1 aliphatic heterocycles. The van der Waals surface area contributed by atoms with Crippen LogP contribution in [-0.4, -0.2) is 28.6 Å². The lowest BCUT2D eigenvalue weighted by Crippen LogP contribution is -2.42. The van der Waals surface area contributed by atoms with Gasteiger partial charge in [0, 0.05) is 25.0 Å². The van der Waals surface area contributed by atoms with Gasteiger partial charge < -0.3 is 9.80 Å². The molecule has 0 saturated heterocycles. The normalized spacial score (nSPS) is 16.9. The van der Waals surface area contributed by atoms with Crippen LogP contribution in [0.25, 0.3) is 0 Å². The second-order valence-corrected chi connectivity index (χ2v) is 8.94. The first-order valence-electron chi connectivity index (χ1n) is 12.4. The van der Waals surface area contributed by atoms with E-state index in [2.05, 4.69) is 49.9 Å². The lowest BCUT2D eigenvalue weighted by molar-refractivity contribution is 0.116. The Balaban J connectivity index is 1.92. The van der Waals surface area contributed by atoms with Crippen LogP contribution in [0, 0.1) is 0 Å². The van der Waals surface area contributed by atoms with Gasteiger partial charge in [-0.15, -0.1) is 0 Å². The van der Waals surface area contributed by atoms with Crippen LogP contribution in [0.4, 0.5) is 0 Å². The molecule has 1 heterocycles. The van der Waals surface area contributed by atoms with Gasteiger partial charge in [-0.2, -0.15) is 0 Å². The van der Waals surface area contributed by atoms with E-state index in [0.29, 0.717) is 12.2 Å². The van der Waals surface area contributed by atoms with E-state index in [-0.39, 0.29) is 0 Å². The highest BCUT2D eigenvalue weighted by atomic mass is 15.4. The Hall–Kier alpha value is -0.660. The minimum atomic E-state index is 0.608. The van der Waals surface area contributed by atoms with E-state index in [1.807, 2.05) is 0 Å². The van der Waals surface area contributed by atoms with E-state index in [0.717, 1.165) is 0 Å². The maximum atomic E-state index is 2.59. The van der Waals surface area contributed by atoms with Gasteiger partial charge in [0.1, 0.15) is 6.17 Å². The molecule has 0 spiro atoms. The zero-order chi connectivity index (χ0) is 19.7. The molecular formula is C25H50N2. The largest absolute Gasteiger partial charge is 0.356 e. The van der Waals surface area contributed by atoms with Crippen molar-refractivity contribution < 1.29 is 0 Å². The van der Waals surface area contributed by atoms with Crippen molar-refractivity contribution >= 4 is 0 Å². The molecule has 0 aliphatic carbocycles. The standard InChI is InChI=1S/C25H50N2/c1-5-7-8-9-10-11-12-13-14-15-16-17-18-19-21-26-22-23-27(24(3)4)25(26)20-6-2/h22-25H,5-21H2,1-4H3. The number of hydrogen-bond acceptors (Lipinski definition) is 2. The van der Waals surface area contributed by atoms with Gasteiger partial charge in [0.05, 0.1) is 0 Å². The van der Waals surface area contributed by atoms with Crippen LogP contribution in [0.15, 0.2) is 12.4 Å². The van der Waals surface area contributed by atoms with Crippen LogP contribution < -0.4 is 0 Å². The smallest absolute Gasteiger partial charge is 0.101 e. The Morgan fingerprint density at radius 2 is 1.11 bits per heavy atom. The summed E-state index contributed by atoms with van der Waals surface area (Å²) in [6.07, 6.45) is 28.0. The monoisotopic (exact) mass is 378 g/mol. The first kappa shape index (κ1) is 24.4. The van der Waals surface area contributed by atoms with Crippen molar-refractivity contribution in [3.63, 3.8) is 0 Å². The molecule has 0 N–H and O–H groups in total. The van der Waals surface area contributed by atoms with Crippen molar-refractivity contribution in [1.82, 2.24) is 9.80 Å². The van der Waals surface area contributed by atoms with Gasteiger partial charge in [0.2, 0.25) is 0 Å². The van der Waals surface area contributed by atoms with Crippen LogP contribution in [0.2, 0.25) is 0 Å². The summed E-state index contributed by atoms with van der Waals surface area (Å²) in [4.78, 5) is 5.12. The second kappa shape index (κ2) is 16.3. The maximum absolute atomic E-state index is 2.59. The molecule has 1 atom stereocenters. The predicted octanol–water partition coefficient (Wildman–Crippen LogP) is 8.09. The van der Waals surface area contributed by atoms with E-state index in [4.69, 9.17) is 0 Å². The summed E-state index contributed by atoms with van der Waals surface area (Å²) in [6.45, 7) is 10.5. The third kappa shape index (κ3) is 11.1. The average Bonchev–Trinajstić information content (AvgIpc) is 3.05. The molecule has 0 saturated carbocycles. The molecule has 2 heteroatoms. The first-order chi connectivity index (χ1) is 13.2. The summed E-state index contributed by atoms with van der Waals surface area (Å²) < 4.78 is 0. The third-order valence-electron chi connectivity index (χ3n) is 6.07. The number of unbranched alkanes of at least 4 members (excludes halogenated alkanes) is 13. The van der Waals surface area contributed by atoms with E-state index >= 15 is 0 Å². The predicted molar refractivity (Wildman–Crippen MR) is 122 cm³/mol. The number of hydrogen-bond donors (Lipinski definition) is 0. The van der Waals surface area contributed by atoms with Crippen LogP contribution in [0.1, 0.15) is 130 Å². The van der Waals surface area contributed by atoms with E-state index < -0.39 is 0 Å². The second-order valence-electron chi connectivity index (χ2n) is 8.94. The van der Waals surface area contributed by atoms with Crippen LogP contribution in [0.5, 0.6) is 0 Å². The van der Waals surface area contributed by atoms with Gasteiger partial charge in [-0.05, 0) is 26.7 Å². The first-order valence-corrected chi connectivity index (χ1v) is 12.4. The number of rotatable bonds is 18. The van der Waals surface area contributed by atoms with Gasteiger partial charge in [-0.25, -0.2) is 0 Å². The van der Waals surface area contributed by atoms with E-state index in [1.54, 1.807) is 0 Å². The summed E-state index contributed by atoms with van der Waals surface area (Å²) in [5.41, 5.74) is 0. The highest BCUT2D eigenvalue weighted by Gasteiger charge is 2.26. The summed E-state index contributed by atoms with van der Waals surface area (Å²) in [5.74, 6) is 0. The van der Waals surface area contributed by atoms with Gasteiger partial charge in [-0.1, -0.05) is 104 Å². The van der Waals surface area contributed by atoms with Gasteiger partial charge in [-0.3, -0.25) is 0 Å². The van der Waals surface area contributed by atoms with Crippen LogP contribution in [0.3, 0.4) is 0 Å². The Morgan fingerprint density at radius 1 is 0.630 bits per heavy atom. The van der Waals surface area contributed by atoms with Gasteiger partial charge >= 0.3 is 0 Å². The Morgan fingerprint density at radius 3 is 1.56 bits per heavy atom. The zero-order valence-corrected chi connectivity index (χ0v) is 19.2. The highest BCUT2D eigenvalue weighted by Crippen LogP contribution is 2.23. The Labute approximate surface area is 171 Å². The van der Waals surface area contributed by atoms with E-state index in [1.165, 1.54) is 109 Å². The molecule has 160 valence electrons. The fraction of sp³-hybridized carbons (Fsp3) is 0.920. The lowest BCUT2D eigenvalue weighted by Gasteiger charge is -2.35. The third-order valence-corrected chi connectivity index (χ3v) is 6.07. The maximum Gasteiger partial charge on any atom is 0.101 e. The van der Waals surface area contributed by atoms with Crippen molar-refractivity contribution in [2.45, 2.75) is 143 Å². The molecule has 0 aromatic rings. The van der Waals surface area contributed by atoms with Crippen LogP contribution in [-0.2, 0) is 0 Å². The molecule has 1 aliphatic rings. The van der Waals surface area contributed by atoms with Crippen molar-refractivity contribution in [2.75, 3.05) is 6.54 Å².